The second-order valence-corrected chi connectivity index (χ2v) is 6.98. The Morgan fingerprint density at radius 3 is 2.62 bits per heavy atom. The van der Waals surface area contributed by atoms with Gasteiger partial charge in [0.05, 0.1) is 23.5 Å². The molecule has 7 nitrogen and oxygen atoms in total. The molecule has 2 N–H and O–H groups in total. The van der Waals surface area contributed by atoms with Gasteiger partial charge in [0.25, 0.3) is 15.2 Å². The molecule has 0 spiro atoms. The number of ether oxygens (including phenoxy) is 2. The Morgan fingerprint density at radius 2 is 2.04 bits per heavy atom. The third-order valence-electron chi connectivity index (χ3n) is 2.92. The largest absolute Gasteiger partial charge is 0.491 e. The van der Waals surface area contributed by atoms with Crippen molar-refractivity contribution in [3.05, 3.63) is 36.0 Å². The Bertz CT molecular complexity index is 1020. The monoisotopic (exact) mass is 373 g/mol. The van der Waals surface area contributed by atoms with E-state index in [1.54, 1.807) is 0 Å². The minimum absolute atomic E-state index is 0.0294. The van der Waals surface area contributed by atoms with E-state index >= 15 is 0 Å². The number of halogens is 2. The Kier molecular flexibility index (Phi) is 4.07. The standard InChI is InChI=1S/C13H9F2N3O4S2/c1-21-11-7(14)4-8-12(10(11)15)23-13(18-8)22-6-2-3-9(17-5-6)24(16,19)20/h2-5H,1H3,(H2,16,19,20). The molecule has 0 aliphatic heterocycles. The molecule has 0 radical (unpaired) electrons. The van der Waals surface area contributed by atoms with Gasteiger partial charge in [-0.3, -0.25) is 0 Å². The smallest absolute Gasteiger partial charge is 0.280 e. The second-order valence-electron chi connectivity index (χ2n) is 4.51. The Balaban J connectivity index is 1.95. The number of hydrogen-bond acceptors (Lipinski definition) is 7. The molecule has 0 aliphatic carbocycles. The highest BCUT2D eigenvalue weighted by atomic mass is 32.2. The fraction of sp³-hybridized carbons (Fsp3) is 0.0769. The van der Waals surface area contributed by atoms with Crippen molar-refractivity contribution in [2.75, 3.05) is 7.11 Å². The van der Waals surface area contributed by atoms with Crippen molar-refractivity contribution < 1.29 is 26.7 Å². The molecule has 2 heterocycles. The van der Waals surface area contributed by atoms with E-state index in [1.807, 2.05) is 0 Å². The van der Waals surface area contributed by atoms with Crippen molar-refractivity contribution in [1.82, 2.24) is 9.97 Å². The van der Waals surface area contributed by atoms with Crippen molar-refractivity contribution in [3.63, 3.8) is 0 Å². The van der Waals surface area contributed by atoms with Gasteiger partial charge in [0.1, 0.15) is 5.75 Å². The molecule has 0 saturated carbocycles. The van der Waals surface area contributed by atoms with E-state index in [9.17, 15) is 17.2 Å². The summed E-state index contributed by atoms with van der Waals surface area (Å²) < 4.78 is 60.1. The average Bonchev–Trinajstić information content (AvgIpc) is 2.90. The number of pyridine rings is 1. The van der Waals surface area contributed by atoms with Crippen LogP contribution in [0.25, 0.3) is 10.2 Å². The number of methoxy groups -OCH3 is 1. The number of hydrogen-bond donors (Lipinski definition) is 1. The molecule has 0 unspecified atom stereocenters. The third kappa shape index (κ3) is 3.00. The molecule has 126 valence electrons. The van der Waals surface area contributed by atoms with Crippen LogP contribution in [-0.4, -0.2) is 25.5 Å². The van der Waals surface area contributed by atoms with E-state index in [2.05, 4.69) is 14.7 Å². The lowest BCUT2D eigenvalue weighted by atomic mass is 10.3. The molecule has 1 aromatic carbocycles. The van der Waals surface area contributed by atoms with Gasteiger partial charge in [-0.2, -0.15) is 0 Å². The zero-order valence-corrected chi connectivity index (χ0v) is 13.6. The SMILES string of the molecule is COc1c(F)cc2nc(Oc3ccc(S(N)(=O)=O)nc3)sc2c1F. The lowest BCUT2D eigenvalue weighted by Gasteiger charge is -2.02. The summed E-state index contributed by atoms with van der Waals surface area (Å²) in [5, 5.41) is 4.65. The number of aromatic nitrogens is 2. The van der Waals surface area contributed by atoms with Gasteiger partial charge in [-0.25, -0.2) is 32.3 Å². The molecular formula is C13H9F2N3O4S2. The molecular weight excluding hydrogens is 364 g/mol. The molecule has 2 aromatic heterocycles. The lowest BCUT2D eigenvalue weighted by molar-refractivity contribution is 0.363. The number of benzene rings is 1. The second kappa shape index (κ2) is 5.92. The van der Waals surface area contributed by atoms with Crippen LogP contribution in [0.2, 0.25) is 0 Å². The van der Waals surface area contributed by atoms with Crippen LogP contribution >= 0.6 is 11.3 Å². The number of nitrogens with zero attached hydrogens (tertiary/aromatic N) is 2. The Morgan fingerprint density at radius 1 is 1.29 bits per heavy atom. The van der Waals surface area contributed by atoms with Gasteiger partial charge in [-0.1, -0.05) is 11.3 Å². The fourth-order valence-corrected chi connectivity index (χ4v) is 3.19. The number of thiazole rings is 1. The van der Waals surface area contributed by atoms with Crippen LogP contribution in [0.5, 0.6) is 16.7 Å². The maximum absolute atomic E-state index is 14.1. The number of rotatable bonds is 4. The minimum atomic E-state index is -3.92. The molecule has 0 aliphatic rings. The Hall–Kier alpha value is -2.37. The molecule has 24 heavy (non-hydrogen) atoms. The fourth-order valence-electron chi connectivity index (χ4n) is 1.89. The quantitative estimate of drug-likeness (QED) is 0.753. The summed E-state index contributed by atoms with van der Waals surface area (Å²) in [5.41, 5.74) is 0.0694. The summed E-state index contributed by atoms with van der Waals surface area (Å²) in [5.74, 6) is -2.09. The zero-order valence-electron chi connectivity index (χ0n) is 12.0. The van der Waals surface area contributed by atoms with E-state index in [4.69, 9.17) is 9.88 Å². The summed E-state index contributed by atoms with van der Waals surface area (Å²) in [4.78, 5) is 7.61. The average molecular weight is 373 g/mol. The molecule has 3 aromatic rings. The van der Waals surface area contributed by atoms with Crippen LogP contribution < -0.4 is 14.6 Å². The normalized spacial score (nSPS) is 11.7. The molecule has 3 rings (SSSR count). The molecule has 0 saturated heterocycles. The van der Waals surface area contributed by atoms with Crippen molar-refractivity contribution in [3.8, 4) is 16.7 Å². The summed E-state index contributed by atoms with van der Waals surface area (Å²) in [6.45, 7) is 0. The predicted molar refractivity (Wildman–Crippen MR) is 81.8 cm³/mol. The number of nitrogens with two attached hydrogens (primary N) is 1. The molecule has 11 heteroatoms. The summed E-state index contributed by atoms with van der Waals surface area (Å²) >= 11 is 0.841. The first-order chi connectivity index (χ1) is 11.3. The van der Waals surface area contributed by atoms with Crippen LogP contribution in [0.15, 0.2) is 29.4 Å². The highest BCUT2D eigenvalue weighted by Crippen LogP contribution is 2.37. The van der Waals surface area contributed by atoms with Gasteiger partial charge in [0.2, 0.25) is 0 Å². The number of fused-ring (bicyclic) bond motifs is 1. The predicted octanol–water partition coefficient (Wildman–Crippen LogP) is 2.42. The van der Waals surface area contributed by atoms with Gasteiger partial charge < -0.3 is 9.47 Å². The summed E-state index contributed by atoms with van der Waals surface area (Å²) in [6, 6.07) is 3.50. The van der Waals surface area contributed by atoms with E-state index in [0.717, 1.165) is 36.8 Å². The van der Waals surface area contributed by atoms with E-state index in [1.165, 1.54) is 6.07 Å². The van der Waals surface area contributed by atoms with Gasteiger partial charge >= 0.3 is 0 Å². The molecule has 0 amide bonds. The van der Waals surface area contributed by atoms with Crippen LogP contribution in [0, 0.1) is 11.6 Å². The first-order valence-corrected chi connectivity index (χ1v) is 8.65. The number of primary sulfonamides is 1. The molecule has 0 atom stereocenters. The van der Waals surface area contributed by atoms with Crippen molar-refractivity contribution in [2.45, 2.75) is 5.03 Å². The summed E-state index contributed by atoms with van der Waals surface area (Å²) in [6.07, 6.45) is 1.13. The third-order valence-corrected chi connectivity index (χ3v) is 4.69. The van der Waals surface area contributed by atoms with E-state index in [-0.39, 0.29) is 26.2 Å². The highest BCUT2D eigenvalue weighted by molar-refractivity contribution is 7.89. The van der Waals surface area contributed by atoms with Crippen molar-refractivity contribution in [2.24, 2.45) is 5.14 Å². The minimum Gasteiger partial charge on any atom is -0.491 e. The van der Waals surface area contributed by atoms with E-state index < -0.39 is 27.4 Å². The Labute approximate surface area is 138 Å². The van der Waals surface area contributed by atoms with E-state index in [0.29, 0.717) is 0 Å². The highest BCUT2D eigenvalue weighted by Gasteiger charge is 2.19. The van der Waals surface area contributed by atoms with Crippen LogP contribution in [0.1, 0.15) is 0 Å². The van der Waals surface area contributed by atoms with Crippen LogP contribution in [0.3, 0.4) is 0 Å². The topological polar surface area (TPSA) is 104 Å². The van der Waals surface area contributed by atoms with Crippen LogP contribution in [0.4, 0.5) is 8.78 Å². The maximum atomic E-state index is 14.1. The maximum Gasteiger partial charge on any atom is 0.280 e. The summed E-state index contributed by atoms with van der Waals surface area (Å²) in [7, 11) is -2.76. The van der Waals surface area contributed by atoms with Crippen molar-refractivity contribution in [1.29, 1.82) is 0 Å². The van der Waals surface area contributed by atoms with Crippen LogP contribution in [-0.2, 0) is 10.0 Å². The first kappa shape index (κ1) is 16.5. The number of sulfonamides is 1. The zero-order chi connectivity index (χ0) is 17.5. The van der Waals surface area contributed by atoms with Gasteiger partial charge in [0, 0.05) is 6.07 Å². The van der Waals surface area contributed by atoms with Gasteiger partial charge in [-0.15, -0.1) is 0 Å². The first-order valence-electron chi connectivity index (χ1n) is 6.29. The van der Waals surface area contributed by atoms with Crippen molar-refractivity contribution >= 4 is 31.6 Å². The van der Waals surface area contributed by atoms with Gasteiger partial charge in [-0.05, 0) is 12.1 Å². The molecule has 0 fully saturated rings. The van der Waals surface area contributed by atoms with Gasteiger partial charge in [0.15, 0.2) is 22.4 Å². The lowest BCUT2D eigenvalue weighted by Crippen LogP contribution is -2.13. The molecule has 0 bridgehead atoms.